The molecule has 1 aliphatic rings. The number of likely N-dealkylation sites (N-methyl/N-ethyl adjacent to an activating group) is 1. The van der Waals surface area contributed by atoms with Crippen molar-refractivity contribution in [3.63, 3.8) is 0 Å². The predicted molar refractivity (Wildman–Crippen MR) is 67.8 cm³/mol. The van der Waals surface area contributed by atoms with Gasteiger partial charge in [-0.1, -0.05) is 6.92 Å². The van der Waals surface area contributed by atoms with Gasteiger partial charge in [0.05, 0.1) is 5.56 Å². The molecule has 0 aliphatic carbocycles. The van der Waals surface area contributed by atoms with Gasteiger partial charge in [0.1, 0.15) is 11.9 Å². The summed E-state index contributed by atoms with van der Waals surface area (Å²) in [6.07, 6.45) is 1.64. The lowest BCUT2D eigenvalue weighted by atomic mass is 10.1. The molecule has 1 fully saturated rings. The van der Waals surface area contributed by atoms with E-state index in [4.69, 9.17) is 5.26 Å². The third-order valence-corrected chi connectivity index (χ3v) is 3.44. The number of rotatable bonds is 2. The molecule has 1 aromatic rings. The first-order valence-electron chi connectivity index (χ1n) is 5.89. The fraction of sp³-hybridized carbons (Fsp3) is 0.538. The smallest absolute Gasteiger partial charge is 0.128 e. The number of aromatic nitrogens is 1. The SMILES string of the molecule is CC1CN(c2ccc(C#N)cn2)CC1N(C)C. The van der Waals surface area contributed by atoms with Gasteiger partial charge in [-0.15, -0.1) is 0 Å². The van der Waals surface area contributed by atoms with Crippen LogP contribution in [0.15, 0.2) is 18.3 Å². The zero-order valence-electron chi connectivity index (χ0n) is 10.6. The second-order valence-corrected chi connectivity index (χ2v) is 4.93. The Morgan fingerprint density at radius 2 is 2.18 bits per heavy atom. The highest BCUT2D eigenvalue weighted by molar-refractivity contribution is 5.43. The van der Waals surface area contributed by atoms with E-state index in [1.165, 1.54) is 0 Å². The minimum Gasteiger partial charge on any atom is -0.355 e. The summed E-state index contributed by atoms with van der Waals surface area (Å²) in [5, 5.41) is 8.74. The Bertz CT molecular complexity index is 418. The number of pyridine rings is 1. The summed E-state index contributed by atoms with van der Waals surface area (Å²) in [6.45, 7) is 4.31. The standard InChI is InChI=1S/C13H18N4/c1-10-8-17(9-12(10)16(2)3)13-5-4-11(6-14)7-15-13/h4-5,7,10,12H,8-9H2,1-3H3. The lowest BCUT2D eigenvalue weighted by Gasteiger charge is -2.22. The zero-order valence-corrected chi connectivity index (χ0v) is 10.6. The Kier molecular flexibility index (Phi) is 3.30. The van der Waals surface area contributed by atoms with E-state index in [9.17, 15) is 0 Å². The maximum absolute atomic E-state index is 8.74. The maximum Gasteiger partial charge on any atom is 0.128 e. The lowest BCUT2D eigenvalue weighted by Crippen LogP contribution is -2.34. The molecule has 4 heteroatoms. The van der Waals surface area contributed by atoms with Gasteiger partial charge in [0.2, 0.25) is 0 Å². The van der Waals surface area contributed by atoms with Crippen molar-refractivity contribution in [2.45, 2.75) is 13.0 Å². The second-order valence-electron chi connectivity index (χ2n) is 4.93. The van der Waals surface area contributed by atoms with Crippen molar-refractivity contribution >= 4 is 5.82 Å². The first kappa shape index (κ1) is 11.9. The van der Waals surface area contributed by atoms with Gasteiger partial charge in [-0.25, -0.2) is 4.98 Å². The molecule has 0 N–H and O–H groups in total. The van der Waals surface area contributed by atoms with Gasteiger partial charge in [-0.05, 0) is 32.1 Å². The first-order valence-corrected chi connectivity index (χ1v) is 5.89. The first-order chi connectivity index (χ1) is 8.11. The van der Waals surface area contributed by atoms with Crippen molar-refractivity contribution in [2.75, 3.05) is 32.1 Å². The molecular weight excluding hydrogens is 212 g/mol. The molecule has 0 bridgehead atoms. The minimum absolute atomic E-state index is 0.576. The van der Waals surface area contributed by atoms with E-state index in [0.29, 0.717) is 17.5 Å². The molecule has 0 radical (unpaired) electrons. The fourth-order valence-electron chi connectivity index (χ4n) is 2.45. The van der Waals surface area contributed by atoms with Crippen molar-refractivity contribution in [2.24, 2.45) is 5.92 Å². The van der Waals surface area contributed by atoms with Gasteiger partial charge >= 0.3 is 0 Å². The fourth-order valence-corrected chi connectivity index (χ4v) is 2.45. The summed E-state index contributed by atoms with van der Waals surface area (Å²) >= 11 is 0. The van der Waals surface area contributed by atoms with E-state index in [1.807, 2.05) is 12.1 Å². The summed E-state index contributed by atoms with van der Waals surface area (Å²) in [6, 6.07) is 6.43. The summed E-state index contributed by atoms with van der Waals surface area (Å²) in [5.41, 5.74) is 0.616. The molecule has 1 aromatic heterocycles. The van der Waals surface area contributed by atoms with Gasteiger partial charge in [-0.2, -0.15) is 5.26 Å². The predicted octanol–water partition coefficient (Wildman–Crippen LogP) is 1.34. The van der Waals surface area contributed by atoms with Crippen molar-refractivity contribution < 1.29 is 0 Å². The summed E-state index contributed by atoms with van der Waals surface area (Å²) in [5.74, 6) is 1.61. The topological polar surface area (TPSA) is 43.2 Å². The average molecular weight is 230 g/mol. The molecule has 2 rings (SSSR count). The highest BCUT2D eigenvalue weighted by Gasteiger charge is 2.31. The lowest BCUT2D eigenvalue weighted by molar-refractivity contribution is 0.266. The van der Waals surface area contributed by atoms with Crippen LogP contribution >= 0.6 is 0 Å². The van der Waals surface area contributed by atoms with Crippen LogP contribution in [0.4, 0.5) is 5.82 Å². The van der Waals surface area contributed by atoms with Crippen LogP contribution in [0.3, 0.4) is 0 Å². The van der Waals surface area contributed by atoms with Crippen molar-refractivity contribution in [3.8, 4) is 6.07 Å². The van der Waals surface area contributed by atoms with Crippen LogP contribution in [0.5, 0.6) is 0 Å². The third kappa shape index (κ3) is 2.40. The van der Waals surface area contributed by atoms with Crippen LogP contribution in [-0.4, -0.2) is 43.1 Å². The van der Waals surface area contributed by atoms with Crippen molar-refractivity contribution in [3.05, 3.63) is 23.9 Å². The zero-order chi connectivity index (χ0) is 12.4. The van der Waals surface area contributed by atoms with Gasteiger partial charge < -0.3 is 9.80 Å². The third-order valence-electron chi connectivity index (χ3n) is 3.44. The van der Waals surface area contributed by atoms with Gasteiger partial charge in [0.25, 0.3) is 0 Å². The van der Waals surface area contributed by atoms with Gasteiger partial charge in [-0.3, -0.25) is 0 Å². The molecule has 1 saturated heterocycles. The molecule has 90 valence electrons. The molecule has 2 unspecified atom stereocenters. The molecule has 2 heterocycles. The van der Waals surface area contributed by atoms with Crippen LogP contribution in [0, 0.1) is 17.2 Å². The van der Waals surface area contributed by atoms with Gasteiger partial charge in [0.15, 0.2) is 0 Å². The van der Waals surface area contributed by atoms with E-state index >= 15 is 0 Å². The quantitative estimate of drug-likeness (QED) is 0.769. The Hall–Kier alpha value is -1.60. The molecule has 0 spiro atoms. The highest BCUT2D eigenvalue weighted by atomic mass is 15.3. The van der Waals surface area contributed by atoms with Crippen LogP contribution in [0.2, 0.25) is 0 Å². The Balaban J connectivity index is 2.12. The van der Waals surface area contributed by atoms with Crippen LogP contribution in [0.1, 0.15) is 12.5 Å². The van der Waals surface area contributed by atoms with E-state index in [0.717, 1.165) is 18.9 Å². The Morgan fingerprint density at radius 3 is 2.65 bits per heavy atom. The summed E-state index contributed by atoms with van der Waals surface area (Å²) in [7, 11) is 4.24. The van der Waals surface area contributed by atoms with Crippen LogP contribution in [-0.2, 0) is 0 Å². The molecule has 0 aromatic carbocycles. The molecule has 17 heavy (non-hydrogen) atoms. The average Bonchev–Trinajstić information content (AvgIpc) is 2.71. The number of nitrogens with zero attached hydrogens (tertiary/aromatic N) is 4. The molecule has 2 atom stereocenters. The Morgan fingerprint density at radius 1 is 1.41 bits per heavy atom. The molecule has 1 aliphatic heterocycles. The van der Waals surface area contributed by atoms with Crippen molar-refractivity contribution in [1.29, 1.82) is 5.26 Å². The van der Waals surface area contributed by atoms with Gasteiger partial charge in [0, 0.05) is 25.3 Å². The normalized spacial score (nSPS) is 24.1. The van der Waals surface area contributed by atoms with E-state index in [-0.39, 0.29) is 0 Å². The largest absolute Gasteiger partial charge is 0.355 e. The van der Waals surface area contributed by atoms with E-state index in [2.05, 4.69) is 41.9 Å². The molecule has 0 saturated carbocycles. The van der Waals surface area contributed by atoms with E-state index in [1.54, 1.807) is 6.20 Å². The van der Waals surface area contributed by atoms with Crippen molar-refractivity contribution in [1.82, 2.24) is 9.88 Å². The molecular formula is C13H18N4. The monoisotopic (exact) mass is 230 g/mol. The highest BCUT2D eigenvalue weighted by Crippen LogP contribution is 2.24. The molecule has 4 nitrogen and oxygen atoms in total. The Labute approximate surface area is 102 Å². The van der Waals surface area contributed by atoms with Crippen LogP contribution in [0.25, 0.3) is 0 Å². The number of hydrogen-bond acceptors (Lipinski definition) is 4. The molecule has 0 amide bonds. The number of anilines is 1. The summed E-state index contributed by atoms with van der Waals surface area (Å²) in [4.78, 5) is 8.90. The maximum atomic E-state index is 8.74. The van der Waals surface area contributed by atoms with Crippen LogP contribution < -0.4 is 4.90 Å². The second kappa shape index (κ2) is 4.72. The minimum atomic E-state index is 0.576. The number of hydrogen-bond donors (Lipinski definition) is 0. The number of nitriles is 1. The van der Waals surface area contributed by atoms with E-state index < -0.39 is 0 Å². The summed E-state index contributed by atoms with van der Waals surface area (Å²) < 4.78 is 0.